The quantitative estimate of drug-likeness (QED) is 0.463. The average molecular weight is 441 g/mol. The molecular weight excluding hydrogens is 416 g/mol. The van der Waals surface area contributed by atoms with Crippen molar-refractivity contribution in [1.29, 1.82) is 0 Å². The third-order valence-electron chi connectivity index (χ3n) is 5.72. The molecule has 166 valence electrons. The van der Waals surface area contributed by atoms with Crippen LogP contribution in [0.2, 0.25) is 0 Å². The number of hydrogen-bond donors (Lipinski definition) is 0. The van der Waals surface area contributed by atoms with Gasteiger partial charge in [-0.2, -0.15) is 5.10 Å². The second kappa shape index (κ2) is 9.20. The Bertz CT molecular complexity index is 1240. The molecule has 33 heavy (non-hydrogen) atoms. The highest BCUT2D eigenvalue weighted by atomic mass is 16.5. The van der Waals surface area contributed by atoms with Gasteiger partial charge in [0, 0.05) is 50.0 Å². The van der Waals surface area contributed by atoms with Crippen molar-refractivity contribution < 1.29 is 9.53 Å². The van der Waals surface area contributed by atoms with E-state index in [-0.39, 0.29) is 11.8 Å². The molecule has 1 saturated heterocycles. The number of pyridine rings is 1. The van der Waals surface area contributed by atoms with Gasteiger partial charge in [0.05, 0.1) is 5.56 Å². The van der Waals surface area contributed by atoms with Crippen molar-refractivity contribution in [2.75, 3.05) is 13.1 Å². The molecule has 1 aromatic carbocycles. The molecule has 8 heteroatoms. The van der Waals surface area contributed by atoms with Gasteiger partial charge in [-0.3, -0.25) is 9.78 Å². The van der Waals surface area contributed by atoms with E-state index in [1.54, 1.807) is 41.6 Å². The lowest BCUT2D eigenvalue weighted by atomic mass is 9.94. The van der Waals surface area contributed by atoms with Gasteiger partial charge in [-0.25, -0.2) is 14.6 Å². The van der Waals surface area contributed by atoms with Crippen molar-refractivity contribution in [2.24, 2.45) is 0 Å². The van der Waals surface area contributed by atoms with Crippen LogP contribution in [-0.2, 0) is 0 Å². The van der Waals surface area contributed by atoms with Crippen LogP contribution in [0.25, 0.3) is 5.82 Å². The molecule has 0 spiro atoms. The minimum atomic E-state index is -0.0377. The summed E-state index contributed by atoms with van der Waals surface area (Å²) in [7, 11) is 0. The number of benzene rings is 1. The molecule has 0 aliphatic carbocycles. The minimum Gasteiger partial charge on any atom is -0.437 e. The fourth-order valence-corrected chi connectivity index (χ4v) is 4.10. The fraction of sp³-hybridized carbons (Fsp3) is 0.240. The van der Waals surface area contributed by atoms with Crippen LogP contribution < -0.4 is 4.74 Å². The predicted molar refractivity (Wildman–Crippen MR) is 123 cm³/mol. The number of aryl methyl sites for hydroxylation is 1. The predicted octanol–water partition coefficient (Wildman–Crippen LogP) is 4.18. The van der Waals surface area contributed by atoms with Crippen LogP contribution in [-0.4, -0.2) is 48.6 Å². The zero-order chi connectivity index (χ0) is 22.6. The molecule has 1 aliphatic heterocycles. The summed E-state index contributed by atoms with van der Waals surface area (Å²) in [5.41, 5.74) is 2.45. The molecular formula is C25H24N6O2. The lowest BCUT2D eigenvalue weighted by Gasteiger charge is -2.32. The number of amides is 1. The zero-order valence-electron chi connectivity index (χ0n) is 18.3. The van der Waals surface area contributed by atoms with Gasteiger partial charge in [-0.15, -0.1) is 0 Å². The van der Waals surface area contributed by atoms with Crippen LogP contribution in [0.4, 0.5) is 0 Å². The van der Waals surface area contributed by atoms with E-state index < -0.39 is 0 Å². The fourth-order valence-electron chi connectivity index (χ4n) is 4.10. The topological polar surface area (TPSA) is 86.0 Å². The molecule has 1 amide bonds. The van der Waals surface area contributed by atoms with E-state index in [9.17, 15) is 4.79 Å². The summed E-state index contributed by atoms with van der Waals surface area (Å²) < 4.78 is 7.74. The highest BCUT2D eigenvalue weighted by molar-refractivity contribution is 5.94. The molecule has 8 nitrogen and oxygen atoms in total. The van der Waals surface area contributed by atoms with Crippen LogP contribution in [0.15, 0.2) is 73.4 Å². The molecule has 0 unspecified atom stereocenters. The van der Waals surface area contributed by atoms with Gasteiger partial charge in [0.25, 0.3) is 5.91 Å². The first-order valence-corrected chi connectivity index (χ1v) is 11.0. The Kier molecular flexibility index (Phi) is 5.80. The van der Waals surface area contributed by atoms with Gasteiger partial charge in [0.1, 0.15) is 11.4 Å². The molecule has 1 atom stereocenters. The Morgan fingerprint density at radius 3 is 2.76 bits per heavy atom. The second-order valence-corrected chi connectivity index (χ2v) is 8.11. The van der Waals surface area contributed by atoms with Crippen molar-refractivity contribution in [2.45, 2.75) is 25.7 Å². The largest absolute Gasteiger partial charge is 0.437 e. The number of rotatable bonds is 5. The number of hydrogen-bond acceptors (Lipinski definition) is 6. The molecule has 0 saturated carbocycles. The first-order chi connectivity index (χ1) is 16.2. The summed E-state index contributed by atoms with van der Waals surface area (Å²) in [4.78, 5) is 28.5. The summed E-state index contributed by atoms with van der Waals surface area (Å²) >= 11 is 0. The van der Waals surface area contributed by atoms with Gasteiger partial charge >= 0.3 is 0 Å². The first kappa shape index (κ1) is 20.8. The zero-order valence-corrected chi connectivity index (χ0v) is 18.3. The molecule has 0 N–H and O–H groups in total. The third-order valence-corrected chi connectivity index (χ3v) is 5.72. The van der Waals surface area contributed by atoms with Crippen molar-refractivity contribution in [3.63, 3.8) is 0 Å². The molecule has 0 bridgehead atoms. The molecule has 4 aromatic rings. The number of carbonyl (C=O) groups excluding carboxylic acids is 1. The molecule has 4 heterocycles. The first-order valence-electron chi connectivity index (χ1n) is 11.0. The van der Waals surface area contributed by atoms with Crippen molar-refractivity contribution in [3.8, 4) is 17.4 Å². The van der Waals surface area contributed by atoms with E-state index in [1.807, 2.05) is 48.4 Å². The lowest BCUT2D eigenvalue weighted by Crippen LogP contribution is -2.39. The summed E-state index contributed by atoms with van der Waals surface area (Å²) in [6.07, 6.45) is 10.2. The van der Waals surface area contributed by atoms with E-state index >= 15 is 0 Å². The van der Waals surface area contributed by atoms with Gasteiger partial charge in [0.2, 0.25) is 5.88 Å². The van der Waals surface area contributed by atoms with Gasteiger partial charge in [-0.1, -0.05) is 12.1 Å². The summed E-state index contributed by atoms with van der Waals surface area (Å²) in [6, 6.07) is 13.3. The smallest absolute Gasteiger partial charge is 0.255 e. The Morgan fingerprint density at radius 1 is 1.06 bits per heavy atom. The van der Waals surface area contributed by atoms with Gasteiger partial charge < -0.3 is 9.64 Å². The highest BCUT2D eigenvalue weighted by Gasteiger charge is 2.29. The van der Waals surface area contributed by atoms with Gasteiger partial charge in [-0.05, 0) is 55.7 Å². The maximum Gasteiger partial charge on any atom is 0.255 e. The van der Waals surface area contributed by atoms with E-state index in [0.717, 1.165) is 29.8 Å². The van der Waals surface area contributed by atoms with E-state index in [4.69, 9.17) is 4.74 Å². The van der Waals surface area contributed by atoms with Crippen LogP contribution in [0, 0.1) is 6.92 Å². The average Bonchev–Trinajstić information content (AvgIpc) is 3.39. The highest BCUT2D eigenvalue weighted by Crippen LogP contribution is 2.33. The second-order valence-electron chi connectivity index (χ2n) is 8.11. The maximum atomic E-state index is 13.2. The molecule has 3 aromatic heterocycles. The minimum absolute atomic E-state index is 0.0377. The molecule has 5 rings (SSSR count). The van der Waals surface area contributed by atoms with Crippen LogP contribution in [0.1, 0.15) is 40.4 Å². The Labute approximate surface area is 191 Å². The number of piperidine rings is 1. The standard InChI is InChI=1S/C25H24N6O2/c1-18-5-2-7-21(15-18)33-24-23(26-11-12-27-24)20-6-3-13-30(17-20)25(32)19-8-9-22(28-16-19)31-14-4-10-29-31/h2,4-5,7-12,14-16,20H,3,6,13,17H2,1H3/t20-/m1/s1. The lowest BCUT2D eigenvalue weighted by molar-refractivity contribution is 0.0704. The van der Waals surface area contributed by atoms with Crippen molar-refractivity contribution in [3.05, 3.63) is 90.3 Å². The van der Waals surface area contributed by atoms with Crippen molar-refractivity contribution >= 4 is 5.91 Å². The summed E-state index contributed by atoms with van der Waals surface area (Å²) in [5, 5.41) is 4.17. The molecule has 1 aliphatic rings. The Balaban J connectivity index is 1.32. The van der Waals surface area contributed by atoms with E-state index in [1.165, 1.54) is 0 Å². The van der Waals surface area contributed by atoms with E-state index in [0.29, 0.717) is 30.4 Å². The Morgan fingerprint density at radius 2 is 1.97 bits per heavy atom. The van der Waals surface area contributed by atoms with Crippen LogP contribution >= 0.6 is 0 Å². The Hall–Kier alpha value is -4.07. The number of ether oxygens (including phenoxy) is 1. The monoisotopic (exact) mass is 440 g/mol. The summed E-state index contributed by atoms with van der Waals surface area (Å²) in [5.74, 6) is 1.90. The van der Waals surface area contributed by atoms with Crippen LogP contribution in [0.5, 0.6) is 11.6 Å². The number of likely N-dealkylation sites (tertiary alicyclic amines) is 1. The normalized spacial score (nSPS) is 15.9. The number of aromatic nitrogens is 5. The number of nitrogens with zero attached hydrogens (tertiary/aromatic N) is 6. The van der Waals surface area contributed by atoms with Gasteiger partial charge in [0.15, 0.2) is 5.82 Å². The SMILES string of the molecule is Cc1cccc(Oc2nccnc2[C@@H]2CCCN(C(=O)c3ccc(-n4cccn4)nc3)C2)c1. The van der Waals surface area contributed by atoms with E-state index in [2.05, 4.69) is 20.1 Å². The molecule has 1 fully saturated rings. The third kappa shape index (κ3) is 4.59. The van der Waals surface area contributed by atoms with Crippen LogP contribution in [0.3, 0.4) is 0 Å². The summed E-state index contributed by atoms with van der Waals surface area (Å²) in [6.45, 7) is 3.28. The van der Waals surface area contributed by atoms with Crippen molar-refractivity contribution in [1.82, 2.24) is 29.6 Å². The number of carbonyl (C=O) groups is 1. The maximum absolute atomic E-state index is 13.2. The molecule has 0 radical (unpaired) electrons.